The van der Waals surface area contributed by atoms with Crippen molar-refractivity contribution < 1.29 is 28.6 Å². The van der Waals surface area contributed by atoms with Crippen molar-refractivity contribution in [1.82, 2.24) is 4.90 Å². The molecule has 3 aromatic carbocycles. The first-order valence-electron chi connectivity index (χ1n) is 13.3. The Labute approximate surface area is 249 Å². The van der Waals surface area contributed by atoms with Crippen molar-refractivity contribution in [2.24, 2.45) is 0 Å². The zero-order valence-corrected chi connectivity index (χ0v) is 24.8. The number of ether oxygens (including phenoxy) is 3. The van der Waals surface area contributed by atoms with Gasteiger partial charge < -0.3 is 24.0 Å². The van der Waals surface area contributed by atoms with E-state index in [2.05, 4.69) is 0 Å². The van der Waals surface area contributed by atoms with Crippen LogP contribution in [0.15, 0.2) is 77.7 Å². The highest BCUT2D eigenvalue weighted by Crippen LogP contribution is 2.47. The minimum absolute atomic E-state index is 0.151. The zero-order valence-electron chi connectivity index (χ0n) is 23.2. The Hall–Kier alpha value is -3.69. The van der Waals surface area contributed by atoms with Crippen LogP contribution < -0.4 is 9.64 Å². The second-order valence-corrected chi connectivity index (χ2v) is 11.1. The van der Waals surface area contributed by atoms with Crippen molar-refractivity contribution >= 4 is 47.0 Å². The zero-order chi connectivity index (χ0) is 29.4. The average Bonchev–Trinajstić information content (AvgIpc) is 3.08. The van der Waals surface area contributed by atoms with Crippen LogP contribution in [-0.2, 0) is 25.7 Å². The van der Waals surface area contributed by atoms with Gasteiger partial charge in [0.1, 0.15) is 12.4 Å². The summed E-state index contributed by atoms with van der Waals surface area (Å²) in [5.74, 6) is -0.282. The van der Waals surface area contributed by atoms with Crippen molar-refractivity contribution in [2.75, 3.05) is 31.6 Å². The van der Waals surface area contributed by atoms with Crippen LogP contribution in [0, 0.1) is 0 Å². The molecule has 0 aromatic heterocycles. The van der Waals surface area contributed by atoms with Crippen molar-refractivity contribution in [2.45, 2.75) is 43.1 Å². The first kappa shape index (κ1) is 30.3. The Kier molecular flexibility index (Phi) is 10.5. The summed E-state index contributed by atoms with van der Waals surface area (Å²) in [5.41, 5.74) is 2.31. The van der Waals surface area contributed by atoms with Crippen LogP contribution in [0.5, 0.6) is 5.75 Å². The lowest BCUT2D eigenvalue weighted by Gasteiger charge is -2.30. The monoisotopic (exact) mass is 596 g/mol. The van der Waals surface area contributed by atoms with Gasteiger partial charge in [-0.25, -0.2) is 4.79 Å². The molecule has 10 heteroatoms. The number of carbonyl (C=O) groups is 3. The number of methoxy groups -OCH3 is 1. The first-order valence-corrected chi connectivity index (χ1v) is 14.6. The van der Waals surface area contributed by atoms with E-state index in [4.69, 9.17) is 25.8 Å². The quantitative estimate of drug-likeness (QED) is 0.247. The molecule has 0 saturated heterocycles. The van der Waals surface area contributed by atoms with E-state index < -0.39 is 23.4 Å². The molecule has 0 unspecified atom stereocenters. The third-order valence-corrected chi connectivity index (χ3v) is 8.13. The van der Waals surface area contributed by atoms with Gasteiger partial charge in [-0.15, -0.1) is 11.8 Å². The third kappa shape index (κ3) is 7.74. The van der Waals surface area contributed by atoms with E-state index in [-0.39, 0.29) is 25.6 Å². The number of anilines is 1. The number of benzene rings is 3. The lowest BCUT2D eigenvalue weighted by molar-refractivity contribution is -0.152. The van der Waals surface area contributed by atoms with Crippen LogP contribution in [0.1, 0.15) is 36.6 Å². The molecular weight excluding hydrogens is 564 g/mol. The van der Waals surface area contributed by atoms with Crippen molar-refractivity contribution in [3.05, 3.63) is 88.9 Å². The standard InChI is InChI=1S/C31H33ClN2O6S/c1-4-16-33(31(37)39-20-22-8-6-5-7-9-22)17-18-34-26-15-12-24(32)19-27(26)41-29(28(30(34)36)40-21(2)35)23-10-13-25(38-3)14-11-23/h5-15,19,28-29H,4,16-18,20H2,1-3H3/t28-,29+/m1/s1. The topological polar surface area (TPSA) is 85.4 Å². The Morgan fingerprint density at radius 2 is 1.76 bits per heavy atom. The molecule has 2 amide bonds. The van der Waals surface area contributed by atoms with E-state index in [1.54, 1.807) is 47.2 Å². The molecule has 0 fully saturated rings. The van der Waals surface area contributed by atoms with Crippen molar-refractivity contribution in [1.29, 1.82) is 0 Å². The molecule has 216 valence electrons. The SMILES string of the molecule is CCCN(CCN1C(=O)[C@H](OC(C)=O)[C@H](c2ccc(OC)cc2)Sc2cc(Cl)ccc21)C(=O)OCc1ccccc1. The Balaban J connectivity index is 1.62. The predicted octanol–water partition coefficient (Wildman–Crippen LogP) is 6.51. The number of thioether (sulfide) groups is 1. The molecule has 41 heavy (non-hydrogen) atoms. The van der Waals surface area contributed by atoms with E-state index in [9.17, 15) is 14.4 Å². The van der Waals surface area contributed by atoms with E-state index in [0.717, 1.165) is 16.0 Å². The van der Waals surface area contributed by atoms with E-state index >= 15 is 0 Å². The predicted molar refractivity (Wildman–Crippen MR) is 159 cm³/mol. The number of esters is 1. The molecule has 1 heterocycles. The minimum Gasteiger partial charge on any atom is -0.497 e. The summed E-state index contributed by atoms with van der Waals surface area (Å²) < 4.78 is 16.5. The number of nitrogens with zero attached hydrogens (tertiary/aromatic N) is 2. The van der Waals surface area contributed by atoms with Crippen LogP contribution in [0.25, 0.3) is 0 Å². The summed E-state index contributed by atoms with van der Waals surface area (Å²) in [7, 11) is 1.58. The Morgan fingerprint density at radius 1 is 1.02 bits per heavy atom. The van der Waals surface area contributed by atoms with Gasteiger partial charge in [-0.1, -0.05) is 61.0 Å². The summed E-state index contributed by atoms with van der Waals surface area (Å²) in [6.45, 7) is 4.26. The van der Waals surface area contributed by atoms with Crippen LogP contribution in [-0.4, -0.2) is 55.7 Å². The van der Waals surface area contributed by atoms with Crippen LogP contribution >= 0.6 is 23.4 Å². The number of rotatable bonds is 10. The molecule has 8 nitrogen and oxygen atoms in total. The number of halogens is 1. The van der Waals surface area contributed by atoms with Gasteiger partial charge in [-0.05, 0) is 47.9 Å². The summed E-state index contributed by atoms with van der Waals surface area (Å²) in [6.07, 6.45) is -0.857. The lowest BCUT2D eigenvalue weighted by atomic mass is 10.1. The summed E-state index contributed by atoms with van der Waals surface area (Å²) >= 11 is 7.78. The molecular formula is C31H33ClN2O6S. The first-order chi connectivity index (χ1) is 19.8. The number of fused-ring (bicyclic) bond motifs is 1. The van der Waals surface area contributed by atoms with E-state index in [0.29, 0.717) is 29.4 Å². The fourth-order valence-corrected chi connectivity index (χ4v) is 6.15. The maximum absolute atomic E-state index is 14.1. The molecule has 0 radical (unpaired) electrons. The van der Waals surface area contributed by atoms with Crippen LogP contribution in [0.4, 0.5) is 10.5 Å². The van der Waals surface area contributed by atoms with Gasteiger partial charge in [0.25, 0.3) is 5.91 Å². The van der Waals surface area contributed by atoms with Crippen molar-refractivity contribution in [3.8, 4) is 5.75 Å². The number of hydrogen-bond donors (Lipinski definition) is 0. The highest BCUT2D eigenvalue weighted by Gasteiger charge is 2.41. The molecule has 4 rings (SSSR count). The summed E-state index contributed by atoms with van der Waals surface area (Å²) in [6, 6.07) is 22.1. The molecule has 0 aliphatic carbocycles. The number of carbonyl (C=O) groups excluding carboxylic acids is 3. The Morgan fingerprint density at radius 3 is 2.41 bits per heavy atom. The highest BCUT2D eigenvalue weighted by atomic mass is 35.5. The molecule has 0 saturated carbocycles. The van der Waals surface area contributed by atoms with Crippen LogP contribution in [0.3, 0.4) is 0 Å². The van der Waals surface area contributed by atoms with Gasteiger partial charge in [0.05, 0.1) is 18.0 Å². The number of hydrogen-bond acceptors (Lipinski definition) is 7. The van der Waals surface area contributed by atoms with E-state index in [1.165, 1.54) is 18.7 Å². The van der Waals surface area contributed by atoms with E-state index in [1.807, 2.05) is 49.4 Å². The van der Waals surface area contributed by atoms with Gasteiger partial charge in [0.2, 0.25) is 0 Å². The molecule has 1 aliphatic heterocycles. The van der Waals surface area contributed by atoms with Crippen molar-refractivity contribution in [3.63, 3.8) is 0 Å². The molecule has 0 N–H and O–H groups in total. The lowest BCUT2D eigenvalue weighted by Crippen LogP contribution is -2.47. The third-order valence-electron chi connectivity index (χ3n) is 6.54. The average molecular weight is 597 g/mol. The largest absolute Gasteiger partial charge is 0.497 e. The molecule has 3 aromatic rings. The van der Waals surface area contributed by atoms with Gasteiger partial charge >= 0.3 is 12.1 Å². The molecule has 2 atom stereocenters. The molecule has 1 aliphatic rings. The second kappa shape index (κ2) is 14.3. The highest BCUT2D eigenvalue weighted by molar-refractivity contribution is 7.99. The molecule has 0 bridgehead atoms. The minimum atomic E-state index is -1.11. The maximum Gasteiger partial charge on any atom is 0.410 e. The van der Waals surface area contributed by atoms with Gasteiger partial charge in [-0.2, -0.15) is 0 Å². The smallest absolute Gasteiger partial charge is 0.410 e. The number of amides is 2. The fourth-order valence-electron chi connectivity index (χ4n) is 4.56. The normalized spacial score (nSPS) is 16.4. The van der Waals surface area contributed by atoms with Gasteiger partial charge in [0.15, 0.2) is 6.10 Å². The second-order valence-electron chi connectivity index (χ2n) is 9.47. The molecule has 0 spiro atoms. The summed E-state index contributed by atoms with van der Waals surface area (Å²) in [5, 5.41) is -0.0257. The maximum atomic E-state index is 14.1. The van der Waals surface area contributed by atoms with Crippen LogP contribution in [0.2, 0.25) is 5.02 Å². The summed E-state index contributed by atoms with van der Waals surface area (Å²) in [4.78, 5) is 43.3. The Bertz CT molecular complexity index is 1350. The van der Waals surface area contributed by atoms with Gasteiger partial charge in [-0.3, -0.25) is 9.59 Å². The van der Waals surface area contributed by atoms with Gasteiger partial charge in [0, 0.05) is 36.5 Å². The fraction of sp³-hybridized carbons (Fsp3) is 0.323.